The van der Waals surface area contributed by atoms with Crippen LogP contribution in [0.1, 0.15) is 30.5 Å². The average molecular weight is 434 g/mol. The molecular formula is C17H18Cl2IN. The number of hydrogen-bond donors (Lipinski definition) is 1. The highest BCUT2D eigenvalue weighted by Crippen LogP contribution is 2.32. The highest BCUT2D eigenvalue weighted by Gasteiger charge is 2.18. The summed E-state index contributed by atoms with van der Waals surface area (Å²) in [4.78, 5) is 0. The van der Waals surface area contributed by atoms with Crippen LogP contribution in [0.2, 0.25) is 10.0 Å². The Bertz CT molecular complexity index is 564. The topological polar surface area (TPSA) is 12.0 Å². The first-order valence-electron chi connectivity index (χ1n) is 7.03. The molecule has 0 aromatic heterocycles. The van der Waals surface area contributed by atoms with Crippen molar-refractivity contribution in [2.45, 2.75) is 25.8 Å². The van der Waals surface area contributed by atoms with Gasteiger partial charge in [0.2, 0.25) is 0 Å². The summed E-state index contributed by atoms with van der Waals surface area (Å²) in [6, 6.07) is 14.4. The lowest BCUT2D eigenvalue weighted by Gasteiger charge is -2.21. The molecule has 0 saturated heterocycles. The van der Waals surface area contributed by atoms with Crippen LogP contribution >= 0.6 is 45.8 Å². The van der Waals surface area contributed by atoms with Gasteiger partial charge in [0.25, 0.3) is 0 Å². The van der Waals surface area contributed by atoms with Gasteiger partial charge in [-0.2, -0.15) is 0 Å². The third-order valence-electron chi connectivity index (χ3n) is 3.34. The van der Waals surface area contributed by atoms with E-state index in [1.54, 1.807) is 0 Å². The normalized spacial score (nSPS) is 12.4. The predicted octanol–water partition coefficient (Wildman–Crippen LogP) is 5.88. The van der Waals surface area contributed by atoms with Gasteiger partial charge in [-0.15, -0.1) is 0 Å². The van der Waals surface area contributed by atoms with Crippen LogP contribution in [0.5, 0.6) is 0 Å². The molecular weight excluding hydrogens is 416 g/mol. The van der Waals surface area contributed by atoms with Gasteiger partial charge in [-0.1, -0.05) is 48.3 Å². The molecule has 0 bridgehead atoms. The molecule has 2 rings (SSSR count). The first-order valence-corrected chi connectivity index (χ1v) is 8.87. The van der Waals surface area contributed by atoms with Crippen LogP contribution in [0.3, 0.4) is 0 Å². The minimum Gasteiger partial charge on any atom is -0.310 e. The van der Waals surface area contributed by atoms with Gasteiger partial charge in [0.05, 0.1) is 0 Å². The van der Waals surface area contributed by atoms with Gasteiger partial charge in [-0.05, 0) is 71.8 Å². The zero-order valence-corrected chi connectivity index (χ0v) is 15.5. The van der Waals surface area contributed by atoms with Crippen LogP contribution in [0.15, 0.2) is 42.5 Å². The zero-order valence-electron chi connectivity index (χ0n) is 11.9. The maximum Gasteiger partial charge on any atom is 0.0468 e. The van der Waals surface area contributed by atoms with Crippen LogP contribution in [0.4, 0.5) is 0 Å². The van der Waals surface area contributed by atoms with E-state index in [4.69, 9.17) is 23.2 Å². The van der Waals surface area contributed by atoms with Gasteiger partial charge >= 0.3 is 0 Å². The Balaban J connectivity index is 2.27. The lowest BCUT2D eigenvalue weighted by molar-refractivity contribution is 0.529. The molecule has 1 unspecified atom stereocenters. The predicted molar refractivity (Wildman–Crippen MR) is 100 cm³/mol. The van der Waals surface area contributed by atoms with Gasteiger partial charge in [-0.3, -0.25) is 0 Å². The van der Waals surface area contributed by atoms with Crippen LogP contribution in [0, 0.1) is 3.57 Å². The SMILES string of the molecule is CCCNC(Cc1ccc(I)cc1)c1c(Cl)cccc1Cl. The van der Waals surface area contributed by atoms with E-state index in [-0.39, 0.29) is 6.04 Å². The smallest absolute Gasteiger partial charge is 0.0468 e. The van der Waals surface area contributed by atoms with E-state index < -0.39 is 0 Å². The third kappa shape index (κ3) is 4.85. The standard InChI is InChI=1S/C17H18Cl2IN/c1-2-10-21-16(11-12-6-8-13(20)9-7-12)17-14(18)4-3-5-15(17)19/h3-9,16,21H,2,10-11H2,1H3. The van der Waals surface area contributed by atoms with E-state index in [0.717, 1.165) is 35.0 Å². The summed E-state index contributed by atoms with van der Waals surface area (Å²) in [5.74, 6) is 0. The molecule has 0 aliphatic heterocycles. The van der Waals surface area contributed by atoms with Crippen molar-refractivity contribution < 1.29 is 0 Å². The Hall–Kier alpha value is -0.290. The number of rotatable bonds is 6. The molecule has 2 aromatic carbocycles. The quantitative estimate of drug-likeness (QED) is 0.560. The lowest BCUT2D eigenvalue weighted by Crippen LogP contribution is -2.24. The van der Waals surface area contributed by atoms with Crippen molar-refractivity contribution in [2.24, 2.45) is 0 Å². The molecule has 21 heavy (non-hydrogen) atoms. The molecule has 0 amide bonds. The molecule has 0 saturated carbocycles. The average Bonchev–Trinajstić information content (AvgIpc) is 2.46. The summed E-state index contributed by atoms with van der Waals surface area (Å²) in [6.07, 6.45) is 1.95. The van der Waals surface area contributed by atoms with Crippen LogP contribution < -0.4 is 5.32 Å². The van der Waals surface area contributed by atoms with E-state index in [9.17, 15) is 0 Å². The van der Waals surface area contributed by atoms with Gasteiger partial charge in [-0.25, -0.2) is 0 Å². The Labute approximate surface area is 150 Å². The Morgan fingerprint density at radius 3 is 2.24 bits per heavy atom. The summed E-state index contributed by atoms with van der Waals surface area (Å²) < 4.78 is 1.24. The van der Waals surface area contributed by atoms with E-state index in [1.807, 2.05) is 18.2 Å². The molecule has 0 fully saturated rings. The molecule has 1 atom stereocenters. The number of hydrogen-bond acceptors (Lipinski definition) is 1. The molecule has 112 valence electrons. The first kappa shape index (κ1) is 17.1. The summed E-state index contributed by atoms with van der Waals surface area (Å²) in [6.45, 7) is 3.10. The summed E-state index contributed by atoms with van der Waals surface area (Å²) in [5.41, 5.74) is 2.27. The Morgan fingerprint density at radius 2 is 1.67 bits per heavy atom. The third-order valence-corrected chi connectivity index (χ3v) is 4.72. The summed E-state index contributed by atoms with van der Waals surface area (Å²) >= 11 is 15.1. The largest absolute Gasteiger partial charge is 0.310 e. The first-order chi connectivity index (χ1) is 10.1. The summed E-state index contributed by atoms with van der Waals surface area (Å²) in [5, 5.41) is 5.01. The maximum atomic E-state index is 6.37. The molecule has 0 spiro atoms. The molecule has 4 heteroatoms. The molecule has 0 aliphatic carbocycles. The zero-order chi connectivity index (χ0) is 15.2. The van der Waals surface area contributed by atoms with Crippen molar-refractivity contribution in [3.8, 4) is 0 Å². The van der Waals surface area contributed by atoms with Crippen LogP contribution in [-0.4, -0.2) is 6.54 Å². The van der Waals surface area contributed by atoms with E-state index in [0.29, 0.717) is 0 Å². The second-order valence-electron chi connectivity index (χ2n) is 4.97. The van der Waals surface area contributed by atoms with Crippen molar-refractivity contribution in [2.75, 3.05) is 6.54 Å². The van der Waals surface area contributed by atoms with Gasteiger partial charge in [0.15, 0.2) is 0 Å². The molecule has 1 nitrogen and oxygen atoms in total. The minimum absolute atomic E-state index is 0.131. The molecule has 2 aromatic rings. The van der Waals surface area contributed by atoms with Crippen molar-refractivity contribution in [3.05, 3.63) is 67.2 Å². The van der Waals surface area contributed by atoms with E-state index in [2.05, 4.69) is 59.1 Å². The highest BCUT2D eigenvalue weighted by atomic mass is 127. The lowest BCUT2D eigenvalue weighted by atomic mass is 9.98. The second kappa shape index (κ2) is 8.37. The van der Waals surface area contributed by atoms with Gasteiger partial charge < -0.3 is 5.32 Å². The van der Waals surface area contributed by atoms with Gasteiger partial charge in [0.1, 0.15) is 0 Å². The van der Waals surface area contributed by atoms with Crippen molar-refractivity contribution >= 4 is 45.8 Å². The molecule has 0 heterocycles. The van der Waals surface area contributed by atoms with Crippen LogP contribution in [0.25, 0.3) is 0 Å². The van der Waals surface area contributed by atoms with E-state index in [1.165, 1.54) is 9.13 Å². The number of halogens is 3. The minimum atomic E-state index is 0.131. The molecule has 0 aliphatic rings. The Kier molecular flexibility index (Phi) is 6.80. The van der Waals surface area contributed by atoms with Crippen molar-refractivity contribution in [1.29, 1.82) is 0 Å². The van der Waals surface area contributed by atoms with Crippen molar-refractivity contribution in [1.82, 2.24) is 5.32 Å². The highest BCUT2D eigenvalue weighted by molar-refractivity contribution is 14.1. The second-order valence-corrected chi connectivity index (χ2v) is 7.03. The molecule has 0 radical (unpaired) electrons. The van der Waals surface area contributed by atoms with Crippen molar-refractivity contribution in [3.63, 3.8) is 0 Å². The fourth-order valence-corrected chi connectivity index (χ4v) is 3.32. The fraction of sp³-hybridized carbons (Fsp3) is 0.294. The van der Waals surface area contributed by atoms with Gasteiger partial charge in [0, 0.05) is 25.2 Å². The van der Waals surface area contributed by atoms with Crippen LogP contribution in [-0.2, 0) is 6.42 Å². The maximum absolute atomic E-state index is 6.37. The Morgan fingerprint density at radius 1 is 1.05 bits per heavy atom. The van der Waals surface area contributed by atoms with E-state index >= 15 is 0 Å². The molecule has 1 N–H and O–H groups in total. The monoisotopic (exact) mass is 433 g/mol. The fourth-order valence-electron chi connectivity index (χ4n) is 2.29. The number of nitrogens with one attached hydrogen (secondary N) is 1. The number of benzene rings is 2. The summed E-state index contributed by atoms with van der Waals surface area (Å²) in [7, 11) is 0.